The van der Waals surface area contributed by atoms with Crippen LogP contribution in [0.1, 0.15) is 19.3 Å². The van der Waals surface area contributed by atoms with E-state index in [-0.39, 0.29) is 29.9 Å². The number of guanidine groups is 1. The third-order valence-electron chi connectivity index (χ3n) is 3.25. The number of hydrogen-bond acceptors (Lipinski definition) is 2. The fraction of sp³-hybridized carbons (Fsp3) is 0.467. The van der Waals surface area contributed by atoms with E-state index in [4.69, 9.17) is 0 Å². The number of rotatable bonds is 6. The summed E-state index contributed by atoms with van der Waals surface area (Å²) in [6.45, 7) is 1.53. The predicted molar refractivity (Wildman–Crippen MR) is 105 cm³/mol. The van der Waals surface area contributed by atoms with Gasteiger partial charge in [-0.05, 0) is 43.0 Å². The number of carbonyl (C=O) groups is 1. The average molecular weight is 481 g/mol. The van der Waals surface area contributed by atoms with Crippen molar-refractivity contribution in [3.05, 3.63) is 28.7 Å². The summed E-state index contributed by atoms with van der Waals surface area (Å²) in [5.41, 5.74) is 0.805. The summed E-state index contributed by atoms with van der Waals surface area (Å²) in [6, 6.07) is 7.53. The highest BCUT2D eigenvalue weighted by atomic mass is 127. The van der Waals surface area contributed by atoms with Gasteiger partial charge in [0, 0.05) is 36.7 Å². The Kier molecular flexibility index (Phi) is 8.77. The van der Waals surface area contributed by atoms with E-state index in [0.717, 1.165) is 28.6 Å². The Morgan fingerprint density at radius 1 is 1.27 bits per heavy atom. The smallest absolute Gasteiger partial charge is 0.226 e. The van der Waals surface area contributed by atoms with Crippen LogP contribution in [0.2, 0.25) is 0 Å². The minimum atomic E-state index is -0.0116. The normalized spacial score (nSPS) is 14.0. The number of halogens is 2. The molecule has 1 amide bonds. The molecule has 1 aromatic rings. The standard InChI is InChI=1S/C15H21BrN4O.HI/c1-17-15(19-10-11-2-3-11)18-9-8-14(21)20-13-6-4-12(16)5-7-13;/h4-7,11H,2-3,8-10H2,1H3,(H,20,21)(H2,17,18,19);1H. The van der Waals surface area contributed by atoms with Gasteiger partial charge in [-0.1, -0.05) is 15.9 Å². The topological polar surface area (TPSA) is 65.5 Å². The number of hydrogen-bond donors (Lipinski definition) is 3. The third kappa shape index (κ3) is 7.44. The number of nitrogens with zero attached hydrogens (tertiary/aromatic N) is 1. The van der Waals surface area contributed by atoms with Crippen molar-refractivity contribution in [1.29, 1.82) is 0 Å². The summed E-state index contributed by atoms with van der Waals surface area (Å²) in [5, 5.41) is 9.27. The third-order valence-corrected chi connectivity index (χ3v) is 3.78. The minimum absolute atomic E-state index is 0. The molecule has 2 rings (SSSR count). The van der Waals surface area contributed by atoms with Gasteiger partial charge in [-0.2, -0.15) is 0 Å². The first-order valence-corrected chi connectivity index (χ1v) is 7.96. The van der Waals surface area contributed by atoms with Crippen molar-refractivity contribution in [2.75, 3.05) is 25.5 Å². The Morgan fingerprint density at radius 2 is 1.95 bits per heavy atom. The zero-order valence-corrected chi connectivity index (χ0v) is 16.5. The molecule has 3 N–H and O–H groups in total. The zero-order valence-electron chi connectivity index (χ0n) is 12.6. The number of benzene rings is 1. The molecule has 1 aliphatic carbocycles. The molecule has 0 radical (unpaired) electrons. The van der Waals surface area contributed by atoms with Crippen LogP contribution in [0.5, 0.6) is 0 Å². The molecular formula is C15H22BrIN4O. The highest BCUT2D eigenvalue weighted by Gasteiger charge is 2.20. The Bertz CT molecular complexity index is 503. The molecule has 5 nitrogen and oxygen atoms in total. The van der Waals surface area contributed by atoms with Crippen LogP contribution in [0.4, 0.5) is 5.69 Å². The molecule has 0 heterocycles. The summed E-state index contributed by atoms with van der Waals surface area (Å²) in [6.07, 6.45) is 3.01. The van der Waals surface area contributed by atoms with E-state index in [1.54, 1.807) is 7.05 Å². The molecule has 0 saturated heterocycles. The van der Waals surface area contributed by atoms with Crippen molar-refractivity contribution in [3.8, 4) is 0 Å². The van der Waals surface area contributed by atoms with Gasteiger partial charge in [0.05, 0.1) is 0 Å². The number of amides is 1. The molecule has 1 saturated carbocycles. The highest BCUT2D eigenvalue weighted by Crippen LogP contribution is 2.27. The summed E-state index contributed by atoms with van der Waals surface area (Å²) in [5.74, 6) is 1.55. The molecule has 7 heteroatoms. The van der Waals surface area contributed by atoms with Crippen molar-refractivity contribution in [2.24, 2.45) is 10.9 Å². The van der Waals surface area contributed by atoms with Gasteiger partial charge in [0.15, 0.2) is 5.96 Å². The average Bonchev–Trinajstić information content (AvgIpc) is 3.29. The molecule has 0 spiro atoms. The van der Waals surface area contributed by atoms with E-state index < -0.39 is 0 Å². The molecule has 0 atom stereocenters. The zero-order chi connectivity index (χ0) is 15.1. The van der Waals surface area contributed by atoms with Crippen molar-refractivity contribution < 1.29 is 4.79 Å². The molecular weight excluding hydrogens is 459 g/mol. The first-order valence-electron chi connectivity index (χ1n) is 7.17. The van der Waals surface area contributed by atoms with Crippen LogP contribution in [0, 0.1) is 5.92 Å². The second-order valence-corrected chi connectivity index (χ2v) is 6.04. The van der Waals surface area contributed by atoms with E-state index in [1.807, 2.05) is 24.3 Å². The second kappa shape index (κ2) is 10.0. The van der Waals surface area contributed by atoms with Gasteiger partial charge < -0.3 is 16.0 Å². The molecule has 0 aromatic heterocycles. The van der Waals surface area contributed by atoms with Gasteiger partial charge in [0.2, 0.25) is 5.91 Å². The van der Waals surface area contributed by atoms with E-state index >= 15 is 0 Å². The number of anilines is 1. The first kappa shape index (κ1) is 19.2. The molecule has 1 aromatic carbocycles. The van der Waals surface area contributed by atoms with Crippen LogP contribution in [-0.2, 0) is 4.79 Å². The molecule has 0 bridgehead atoms. The maximum atomic E-state index is 11.8. The maximum Gasteiger partial charge on any atom is 0.226 e. The second-order valence-electron chi connectivity index (χ2n) is 5.13. The maximum absolute atomic E-state index is 11.8. The fourth-order valence-corrected chi connectivity index (χ4v) is 2.10. The monoisotopic (exact) mass is 480 g/mol. The Labute approximate surface area is 156 Å². The molecule has 122 valence electrons. The quantitative estimate of drug-likeness (QED) is 0.333. The number of aliphatic imine (C=N–C) groups is 1. The number of nitrogens with one attached hydrogen (secondary N) is 3. The lowest BCUT2D eigenvalue weighted by molar-refractivity contribution is -0.116. The fourth-order valence-electron chi connectivity index (χ4n) is 1.83. The van der Waals surface area contributed by atoms with E-state index in [2.05, 4.69) is 36.9 Å². The largest absolute Gasteiger partial charge is 0.356 e. The lowest BCUT2D eigenvalue weighted by atomic mass is 10.3. The van der Waals surface area contributed by atoms with Gasteiger partial charge in [-0.3, -0.25) is 9.79 Å². The molecule has 22 heavy (non-hydrogen) atoms. The van der Waals surface area contributed by atoms with E-state index in [0.29, 0.717) is 13.0 Å². The summed E-state index contributed by atoms with van der Waals surface area (Å²) >= 11 is 3.36. The molecule has 0 aliphatic heterocycles. The molecule has 1 aliphatic rings. The molecule has 1 fully saturated rings. The predicted octanol–water partition coefficient (Wildman–Crippen LogP) is 2.97. The SMILES string of the molecule is CN=C(NCCC(=O)Nc1ccc(Br)cc1)NCC1CC1.I. The highest BCUT2D eigenvalue weighted by molar-refractivity contribution is 14.0. The van der Waals surface area contributed by atoms with Crippen LogP contribution in [0.3, 0.4) is 0 Å². The summed E-state index contributed by atoms with van der Waals surface area (Å²) in [4.78, 5) is 16.0. The van der Waals surface area contributed by atoms with Crippen molar-refractivity contribution in [2.45, 2.75) is 19.3 Å². The summed E-state index contributed by atoms with van der Waals surface area (Å²) < 4.78 is 0.993. The van der Waals surface area contributed by atoms with Gasteiger partial charge >= 0.3 is 0 Å². The van der Waals surface area contributed by atoms with Crippen LogP contribution >= 0.6 is 39.9 Å². The Morgan fingerprint density at radius 3 is 2.55 bits per heavy atom. The molecule has 0 unspecified atom stereocenters. The minimum Gasteiger partial charge on any atom is -0.356 e. The number of carbonyl (C=O) groups excluding carboxylic acids is 1. The van der Waals surface area contributed by atoms with Crippen LogP contribution in [0.15, 0.2) is 33.7 Å². The van der Waals surface area contributed by atoms with Crippen molar-refractivity contribution in [3.63, 3.8) is 0 Å². The van der Waals surface area contributed by atoms with Gasteiger partial charge in [0.1, 0.15) is 0 Å². The summed E-state index contributed by atoms with van der Waals surface area (Å²) in [7, 11) is 1.74. The lowest BCUT2D eigenvalue weighted by Crippen LogP contribution is -2.39. The van der Waals surface area contributed by atoms with Gasteiger partial charge in [-0.25, -0.2) is 0 Å². The van der Waals surface area contributed by atoms with Crippen LogP contribution in [0.25, 0.3) is 0 Å². The van der Waals surface area contributed by atoms with Crippen molar-refractivity contribution >= 4 is 57.5 Å². The van der Waals surface area contributed by atoms with Crippen molar-refractivity contribution in [1.82, 2.24) is 10.6 Å². The van der Waals surface area contributed by atoms with Crippen LogP contribution < -0.4 is 16.0 Å². The van der Waals surface area contributed by atoms with E-state index in [9.17, 15) is 4.79 Å². The first-order chi connectivity index (χ1) is 10.2. The lowest BCUT2D eigenvalue weighted by Gasteiger charge is -2.11. The van der Waals surface area contributed by atoms with Gasteiger partial charge in [0.25, 0.3) is 0 Å². The Hall–Kier alpha value is -0.830. The van der Waals surface area contributed by atoms with Gasteiger partial charge in [-0.15, -0.1) is 24.0 Å². The Balaban J connectivity index is 0.00000242. The van der Waals surface area contributed by atoms with E-state index in [1.165, 1.54) is 12.8 Å². The van der Waals surface area contributed by atoms with Crippen LogP contribution in [-0.4, -0.2) is 32.0 Å².